The lowest BCUT2D eigenvalue weighted by atomic mass is 10.1. The molecule has 1 aromatic heterocycles. The Morgan fingerprint density at radius 3 is 3.19 bits per heavy atom. The van der Waals surface area contributed by atoms with Gasteiger partial charge in [-0.15, -0.1) is 0 Å². The molecule has 2 aromatic rings. The van der Waals surface area contributed by atoms with Gasteiger partial charge < -0.3 is 14.5 Å². The Balaban J connectivity index is 1.68. The molecule has 0 aliphatic carbocycles. The van der Waals surface area contributed by atoms with Gasteiger partial charge in [-0.1, -0.05) is 11.6 Å². The highest BCUT2D eigenvalue weighted by Gasteiger charge is 2.21. The van der Waals surface area contributed by atoms with Crippen LogP contribution in [0.25, 0.3) is 10.9 Å². The summed E-state index contributed by atoms with van der Waals surface area (Å²) in [6.07, 6.45) is 3.41. The van der Waals surface area contributed by atoms with Crippen molar-refractivity contribution in [1.29, 1.82) is 0 Å². The third kappa shape index (κ3) is 3.46. The standard InChI is InChI=1S/C17H24N2O2/c1-13-3-4-17-16(9-13)14(10-18-17)11-19-6-8-21-15(12-19)5-7-20-2/h3-4,9-10,15,18H,5-8,11-12H2,1-2H3. The van der Waals surface area contributed by atoms with Crippen molar-refractivity contribution in [1.82, 2.24) is 9.88 Å². The zero-order chi connectivity index (χ0) is 14.7. The lowest BCUT2D eigenvalue weighted by molar-refractivity contribution is -0.0431. The van der Waals surface area contributed by atoms with Crippen LogP contribution in [0, 0.1) is 6.92 Å². The van der Waals surface area contributed by atoms with E-state index in [1.165, 1.54) is 22.0 Å². The van der Waals surface area contributed by atoms with Crippen molar-refractivity contribution >= 4 is 10.9 Å². The number of benzene rings is 1. The summed E-state index contributed by atoms with van der Waals surface area (Å²) in [5.41, 5.74) is 3.91. The molecule has 2 heterocycles. The van der Waals surface area contributed by atoms with E-state index in [1.54, 1.807) is 7.11 Å². The highest BCUT2D eigenvalue weighted by Crippen LogP contribution is 2.22. The largest absolute Gasteiger partial charge is 0.385 e. The molecule has 21 heavy (non-hydrogen) atoms. The second kappa shape index (κ2) is 6.60. The molecule has 1 aliphatic heterocycles. The van der Waals surface area contributed by atoms with Gasteiger partial charge in [-0.3, -0.25) is 4.90 Å². The fraction of sp³-hybridized carbons (Fsp3) is 0.529. The number of methoxy groups -OCH3 is 1. The molecular formula is C17H24N2O2. The lowest BCUT2D eigenvalue weighted by Crippen LogP contribution is -2.42. The first-order valence-electron chi connectivity index (χ1n) is 7.66. The van der Waals surface area contributed by atoms with Crippen LogP contribution in [0.4, 0.5) is 0 Å². The van der Waals surface area contributed by atoms with E-state index < -0.39 is 0 Å². The molecule has 1 aliphatic rings. The highest BCUT2D eigenvalue weighted by atomic mass is 16.5. The van der Waals surface area contributed by atoms with E-state index in [1.807, 2.05) is 0 Å². The van der Waals surface area contributed by atoms with Gasteiger partial charge in [-0.05, 0) is 31.0 Å². The van der Waals surface area contributed by atoms with Gasteiger partial charge >= 0.3 is 0 Å². The predicted octanol–water partition coefficient (Wildman–Crippen LogP) is 2.71. The summed E-state index contributed by atoms with van der Waals surface area (Å²) in [5, 5.41) is 1.34. The van der Waals surface area contributed by atoms with E-state index in [9.17, 15) is 0 Å². The first kappa shape index (κ1) is 14.6. The Bertz CT molecular complexity index is 593. The summed E-state index contributed by atoms with van der Waals surface area (Å²) in [4.78, 5) is 5.85. The molecule has 0 saturated carbocycles. The summed E-state index contributed by atoms with van der Waals surface area (Å²) < 4.78 is 11.0. The number of ether oxygens (including phenoxy) is 2. The van der Waals surface area contributed by atoms with Crippen molar-refractivity contribution in [2.24, 2.45) is 0 Å². The molecule has 1 N–H and O–H groups in total. The zero-order valence-electron chi connectivity index (χ0n) is 12.9. The minimum atomic E-state index is 0.297. The van der Waals surface area contributed by atoms with Gasteiger partial charge in [0.25, 0.3) is 0 Å². The number of rotatable bonds is 5. The van der Waals surface area contributed by atoms with Crippen LogP contribution < -0.4 is 0 Å². The van der Waals surface area contributed by atoms with Gasteiger partial charge in [0.2, 0.25) is 0 Å². The lowest BCUT2D eigenvalue weighted by Gasteiger charge is -2.32. The molecule has 0 bridgehead atoms. The summed E-state index contributed by atoms with van der Waals surface area (Å²) in [7, 11) is 1.74. The molecule has 1 atom stereocenters. The number of hydrogen-bond acceptors (Lipinski definition) is 3. The molecule has 1 aromatic carbocycles. The van der Waals surface area contributed by atoms with Crippen LogP contribution in [0.3, 0.4) is 0 Å². The minimum Gasteiger partial charge on any atom is -0.385 e. The first-order valence-corrected chi connectivity index (χ1v) is 7.66. The number of aromatic nitrogens is 1. The summed E-state index contributed by atoms with van der Waals surface area (Å²) in [5.74, 6) is 0. The zero-order valence-corrected chi connectivity index (χ0v) is 12.9. The Morgan fingerprint density at radius 2 is 2.33 bits per heavy atom. The maximum absolute atomic E-state index is 5.81. The molecule has 4 nitrogen and oxygen atoms in total. The number of H-pyrrole nitrogens is 1. The Kier molecular flexibility index (Phi) is 4.58. The number of fused-ring (bicyclic) bond motifs is 1. The topological polar surface area (TPSA) is 37.5 Å². The van der Waals surface area contributed by atoms with Crippen LogP contribution in [-0.4, -0.2) is 49.4 Å². The second-order valence-electron chi connectivity index (χ2n) is 5.87. The number of aryl methyl sites for hydroxylation is 1. The smallest absolute Gasteiger partial charge is 0.0724 e. The SMILES string of the molecule is COCCC1CN(Cc2c[nH]c3ccc(C)cc23)CCO1. The van der Waals surface area contributed by atoms with Crippen LogP contribution in [0.5, 0.6) is 0 Å². The molecule has 0 radical (unpaired) electrons. The molecule has 0 spiro atoms. The number of morpholine rings is 1. The predicted molar refractivity (Wildman–Crippen MR) is 84.5 cm³/mol. The van der Waals surface area contributed by atoms with Gasteiger partial charge in [0.05, 0.1) is 12.7 Å². The average Bonchev–Trinajstić information content (AvgIpc) is 2.88. The monoisotopic (exact) mass is 288 g/mol. The molecule has 1 saturated heterocycles. The van der Waals surface area contributed by atoms with Gasteiger partial charge in [-0.2, -0.15) is 0 Å². The van der Waals surface area contributed by atoms with Crippen molar-refractivity contribution in [2.75, 3.05) is 33.4 Å². The fourth-order valence-electron chi connectivity index (χ4n) is 3.01. The molecule has 3 rings (SSSR count). The molecule has 1 unspecified atom stereocenters. The maximum atomic E-state index is 5.81. The number of aromatic amines is 1. The molecule has 114 valence electrons. The highest BCUT2D eigenvalue weighted by molar-refractivity contribution is 5.83. The third-order valence-corrected chi connectivity index (χ3v) is 4.18. The van der Waals surface area contributed by atoms with E-state index in [2.05, 4.69) is 41.2 Å². The fourth-order valence-corrected chi connectivity index (χ4v) is 3.01. The molecular weight excluding hydrogens is 264 g/mol. The van der Waals surface area contributed by atoms with Gasteiger partial charge in [0.1, 0.15) is 0 Å². The number of hydrogen-bond donors (Lipinski definition) is 1. The Labute approximate surface area is 126 Å². The van der Waals surface area contributed by atoms with Crippen LogP contribution in [0.1, 0.15) is 17.5 Å². The molecule has 1 fully saturated rings. The van der Waals surface area contributed by atoms with Crippen molar-refractivity contribution in [3.63, 3.8) is 0 Å². The molecule has 0 amide bonds. The van der Waals surface area contributed by atoms with Gasteiger partial charge in [0, 0.05) is 50.5 Å². The van der Waals surface area contributed by atoms with Crippen molar-refractivity contribution in [3.05, 3.63) is 35.5 Å². The normalized spacial score (nSPS) is 20.2. The summed E-state index contributed by atoms with van der Waals surface area (Å²) >= 11 is 0. The van der Waals surface area contributed by atoms with Crippen LogP contribution >= 0.6 is 0 Å². The number of nitrogens with zero attached hydrogens (tertiary/aromatic N) is 1. The van der Waals surface area contributed by atoms with Gasteiger partial charge in [-0.25, -0.2) is 0 Å². The van der Waals surface area contributed by atoms with Crippen LogP contribution in [0.2, 0.25) is 0 Å². The van der Waals surface area contributed by atoms with Crippen molar-refractivity contribution in [2.45, 2.75) is 26.0 Å². The quantitative estimate of drug-likeness (QED) is 0.919. The Hall–Kier alpha value is -1.36. The van der Waals surface area contributed by atoms with Crippen molar-refractivity contribution in [3.8, 4) is 0 Å². The summed E-state index contributed by atoms with van der Waals surface area (Å²) in [6.45, 7) is 6.70. The Morgan fingerprint density at radius 1 is 1.43 bits per heavy atom. The summed E-state index contributed by atoms with van der Waals surface area (Å²) in [6, 6.07) is 6.58. The van der Waals surface area contributed by atoms with Crippen LogP contribution in [0.15, 0.2) is 24.4 Å². The van der Waals surface area contributed by atoms with Crippen LogP contribution in [-0.2, 0) is 16.0 Å². The van der Waals surface area contributed by atoms with E-state index >= 15 is 0 Å². The van der Waals surface area contributed by atoms with E-state index in [0.29, 0.717) is 6.10 Å². The third-order valence-electron chi connectivity index (χ3n) is 4.18. The van der Waals surface area contributed by atoms with Gasteiger partial charge in [0.15, 0.2) is 0 Å². The molecule has 4 heteroatoms. The van der Waals surface area contributed by atoms with Crippen molar-refractivity contribution < 1.29 is 9.47 Å². The van der Waals surface area contributed by atoms with E-state index in [0.717, 1.165) is 39.3 Å². The minimum absolute atomic E-state index is 0.297. The van der Waals surface area contributed by atoms with E-state index in [-0.39, 0.29) is 0 Å². The second-order valence-corrected chi connectivity index (χ2v) is 5.87. The number of nitrogens with one attached hydrogen (secondary N) is 1. The van der Waals surface area contributed by atoms with E-state index in [4.69, 9.17) is 9.47 Å². The maximum Gasteiger partial charge on any atom is 0.0724 e. The average molecular weight is 288 g/mol. The first-order chi connectivity index (χ1) is 10.3.